The zero-order valence-corrected chi connectivity index (χ0v) is 18.0. The second-order valence-corrected chi connectivity index (χ2v) is 7.49. The van der Waals surface area contributed by atoms with Crippen molar-refractivity contribution >= 4 is 22.8 Å². The third kappa shape index (κ3) is 5.31. The van der Waals surface area contributed by atoms with Crippen LogP contribution in [0.1, 0.15) is 11.1 Å². The van der Waals surface area contributed by atoms with Crippen molar-refractivity contribution in [2.45, 2.75) is 6.42 Å². The van der Waals surface area contributed by atoms with Crippen LogP contribution in [0.25, 0.3) is 11.1 Å². The number of non-ortho nitro benzene ring substituents is 1. The van der Waals surface area contributed by atoms with Crippen molar-refractivity contribution in [3.05, 3.63) is 134 Å². The van der Waals surface area contributed by atoms with Crippen LogP contribution in [0.5, 0.6) is 0 Å². The quantitative estimate of drug-likeness (QED) is 0.194. The van der Waals surface area contributed by atoms with Crippen LogP contribution in [-0.2, 0) is 6.42 Å². The van der Waals surface area contributed by atoms with Crippen molar-refractivity contribution in [3.8, 4) is 11.1 Å². The Hall–Kier alpha value is -4.85. The van der Waals surface area contributed by atoms with Gasteiger partial charge in [-0.3, -0.25) is 25.7 Å². The zero-order chi connectivity index (χ0) is 23.9. The molecule has 0 aliphatic rings. The van der Waals surface area contributed by atoms with Crippen LogP contribution in [0.2, 0.25) is 0 Å². The van der Waals surface area contributed by atoms with Gasteiger partial charge in [0.05, 0.1) is 21.6 Å². The van der Waals surface area contributed by atoms with E-state index >= 15 is 0 Å². The lowest BCUT2D eigenvalue weighted by molar-refractivity contribution is -0.393. The van der Waals surface area contributed by atoms with Gasteiger partial charge in [-0.25, -0.2) is 0 Å². The monoisotopic (exact) mass is 452 g/mol. The van der Waals surface area contributed by atoms with Crippen molar-refractivity contribution in [1.29, 1.82) is 0 Å². The summed E-state index contributed by atoms with van der Waals surface area (Å²) in [6, 6.07) is 31.0. The first kappa shape index (κ1) is 22.3. The number of benzene rings is 4. The van der Waals surface area contributed by atoms with Crippen LogP contribution in [0, 0.1) is 20.2 Å². The van der Waals surface area contributed by atoms with E-state index in [-0.39, 0.29) is 11.4 Å². The Kier molecular flexibility index (Phi) is 6.69. The maximum atomic E-state index is 11.5. The van der Waals surface area contributed by atoms with Gasteiger partial charge in [-0.1, -0.05) is 84.9 Å². The Morgan fingerprint density at radius 3 is 1.97 bits per heavy atom. The molecule has 0 aromatic heterocycles. The minimum atomic E-state index is -0.671. The van der Waals surface area contributed by atoms with E-state index in [0.717, 1.165) is 28.3 Å². The van der Waals surface area contributed by atoms with Crippen LogP contribution in [-0.4, -0.2) is 15.6 Å². The van der Waals surface area contributed by atoms with E-state index in [9.17, 15) is 20.2 Å². The summed E-state index contributed by atoms with van der Waals surface area (Å²) in [5.41, 5.74) is 6.73. The molecule has 34 heavy (non-hydrogen) atoms. The smallest absolute Gasteiger partial charge is 0.271 e. The van der Waals surface area contributed by atoms with Gasteiger partial charge in [0, 0.05) is 12.5 Å². The predicted molar refractivity (Wildman–Crippen MR) is 132 cm³/mol. The molecule has 4 aromatic carbocycles. The lowest BCUT2D eigenvalue weighted by Crippen LogP contribution is -2.09. The Morgan fingerprint density at radius 2 is 1.35 bits per heavy atom. The molecule has 0 atom stereocenters. The first-order chi connectivity index (χ1) is 16.5. The lowest BCUT2D eigenvalue weighted by atomic mass is 9.99. The van der Waals surface area contributed by atoms with E-state index in [1.165, 1.54) is 12.1 Å². The Bertz CT molecular complexity index is 1340. The summed E-state index contributed by atoms with van der Waals surface area (Å²) < 4.78 is 0. The van der Waals surface area contributed by atoms with Crippen molar-refractivity contribution in [2.24, 2.45) is 5.10 Å². The van der Waals surface area contributed by atoms with Crippen LogP contribution in [0.4, 0.5) is 17.1 Å². The molecule has 8 heteroatoms. The average Bonchev–Trinajstić information content (AvgIpc) is 2.87. The minimum absolute atomic E-state index is 0.0714. The van der Waals surface area contributed by atoms with Gasteiger partial charge >= 0.3 is 5.69 Å². The lowest BCUT2D eigenvalue weighted by Gasteiger charge is -2.10. The maximum Gasteiger partial charge on any atom is 0.301 e. The van der Waals surface area contributed by atoms with Gasteiger partial charge in [-0.15, -0.1) is 0 Å². The van der Waals surface area contributed by atoms with Crippen molar-refractivity contribution in [1.82, 2.24) is 0 Å². The third-order valence-corrected chi connectivity index (χ3v) is 5.24. The molecule has 0 spiro atoms. The average molecular weight is 452 g/mol. The summed E-state index contributed by atoms with van der Waals surface area (Å²) in [5.74, 6) is 0. The molecular weight excluding hydrogens is 432 g/mol. The summed E-state index contributed by atoms with van der Waals surface area (Å²) in [6.45, 7) is 0. The number of hydrogen-bond acceptors (Lipinski definition) is 6. The fourth-order valence-corrected chi connectivity index (χ4v) is 3.49. The molecule has 1 N–H and O–H groups in total. The van der Waals surface area contributed by atoms with Gasteiger partial charge in [-0.05, 0) is 28.3 Å². The number of anilines is 1. The van der Waals surface area contributed by atoms with Gasteiger partial charge < -0.3 is 0 Å². The number of nitrogens with zero attached hydrogens (tertiary/aromatic N) is 3. The molecule has 0 aliphatic carbocycles. The molecule has 0 heterocycles. The molecule has 0 radical (unpaired) electrons. The van der Waals surface area contributed by atoms with Crippen molar-refractivity contribution < 1.29 is 9.85 Å². The molecule has 0 saturated carbocycles. The second-order valence-electron chi connectivity index (χ2n) is 7.49. The first-order valence-electron chi connectivity index (χ1n) is 10.5. The van der Waals surface area contributed by atoms with Crippen LogP contribution >= 0.6 is 0 Å². The highest BCUT2D eigenvalue weighted by Crippen LogP contribution is 2.29. The topological polar surface area (TPSA) is 111 Å². The van der Waals surface area contributed by atoms with Gasteiger partial charge in [0.15, 0.2) is 0 Å². The molecule has 0 aliphatic heterocycles. The molecule has 0 bridgehead atoms. The first-order valence-corrected chi connectivity index (χ1v) is 10.5. The molecule has 0 unspecified atom stereocenters. The maximum absolute atomic E-state index is 11.5. The van der Waals surface area contributed by atoms with E-state index in [1.54, 1.807) is 0 Å². The molecule has 168 valence electrons. The SMILES string of the molecule is O=[N+]([O-])c1ccc(N/N=C(\Cc2ccccc2)c2ccc(-c3ccccc3)cc2)c([N+](=O)[O-])c1. The molecule has 4 aromatic rings. The Balaban J connectivity index is 1.68. The largest absolute Gasteiger partial charge is 0.301 e. The van der Waals surface area contributed by atoms with E-state index < -0.39 is 15.5 Å². The highest BCUT2D eigenvalue weighted by atomic mass is 16.6. The standard InChI is InChI=1S/C26H20N4O4/c31-29(32)23-15-16-24(26(18-23)30(33)34)27-28-25(17-19-7-3-1-4-8-19)22-13-11-21(12-14-22)20-9-5-2-6-10-20/h1-16,18,27H,17H2/b28-25+. The normalized spacial score (nSPS) is 11.1. The van der Waals surface area contributed by atoms with Crippen LogP contribution in [0.15, 0.2) is 108 Å². The van der Waals surface area contributed by atoms with Gasteiger partial charge in [-0.2, -0.15) is 5.10 Å². The number of hydrazone groups is 1. The van der Waals surface area contributed by atoms with E-state index in [2.05, 4.69) is 10.5 Å². The number of nitro benzene ring substituents is 2. The number of hydrogen-bond donors (Lipinski definition) is 1. The van der Waals surface area contributed by atoms with E-state index in [0.29, 0.717) is 12.1 Å². The summed E-state index contributed by atoms with van der Waals surface area (Å²) in [6.07, 6.45) is 0.485. The fraction of sp³-hybridized carbons (Fsp3) is 0.0385. The summed E-state index contributed by atoms with van der Waals surface area (Å²) in [4.78, 5) is 21.1. The highest BCUT2D eigenvalue weighted by molar-refractivity contribution is 6.02. The molecule has 0 amide bonds. The van der Waals surface area contributed by atoms with E-state index in [4.69, 9.17) is 0 Å². The van der Waals surface area contributed by atoms with Crippen LogP contribution in [0.3, 0.4) is 0 Å². The molecule has 0 fully saturated rings. The Labute approximate surface area is 195 Å². The number of nitro groups is 2. The predicted octanol–water partition coefficient (Wildman–Crippen LogP) is 6.23. The van der Waals surface area contributed by atoms with Gasteiger partial charge in [0.2, 0.25) is 0 Å². The number of nitrogens with one attached hydrogen (secondary N) is 1. The van der Waals surface area contributed by atoms with Gasteiger partial charge in [0.25, 0.3) is 5.69 Å². The van der Waals surface area contributed by atoms with Crippen molar-refractivity contribution in [3.63, 3.8) is 0 Å². The third-order valence-electron chi connectivity index (χ3n) is 5.24. The second kappa shape index (κ2) is 10.2. The summed E-state index contributed by atoms with van der Waals surface area (Å²) in [5, 5.41) is 26.9. The zero-order valence-electron chi connectivity index (χ0n) is 18.0. The molecular formula is C26H20N4O4. The van der Waals surface area contributed by atoms with Gasteiger partial charge in [0.1, 0.15) is 5.69 Å². The summed E-state index contributed by atoms with van der Waals surface area (Å²) >= 11 is 0. The number of rotatable bonds is 8. The Morgan fingerprint density at radius 1 is 0.735 bits per heavy atom. The molecule has 4 rings (SSSR count). The molecule has 8 nitrogen and oxygen atoms in total. The van der Waals surface area contributed by atoms with E-state index in [1.807, 2.05) is 84.9 Å². The van der Waals surface area contributed by atoms with Crippen molar-refractivity contribution in [2.75, 3.05) is 5.43 Å². The highest BCUT2D eigenvalue weighted by Gasteiger charge is 2.19. The van der Waals surface area contributed by atoms with Crippen LogP contribution < -0.4 is 5.43 Å². The molecule has 0 saturated heterocycles. The minimum Gasteiger partial charge on any atom is -0.271 e. The summed E-state index contributed by atoms with van der Waals surface area (Å²) in [7, 11) is 0. The fourth-order valence-electron chi connectivity index (χ4n) is 3.49.